The Balaban J connectivity index is 2.08. The summed E-state index contributed by atoms with van der Waals surface area (Å²) >= 11 is 0. The van der Waals surface area contributed by atoms with Gasteiger partial charge in [0.15, 0.2) is 0 Å². The third-order valence-electron chi connectivity index (χ3n) is 3.85. The highest BCUT2D eigenvalue weighted by Gasteiger charge is 2.06. The summed E-state index contributed by atoms with van der Waals surface area (Å²) in [6, 6.07) is 17.3. The molecular weight excluding hydrogens is 244 g/mol. The quantitative estimate of drug-likeness (QED) is 0.896. The van der Waals surface area contributed by atoms with Crippen LogP contribution in [0.5, 0.6) is 0 Å². The van der Waals surface area contributed by atoms with E-state index in [2.05, 4.69) is 74.3 Å². The Kier molecular flexibility index (Phi) is 4.80. The van der Waals surface area contributed by atoms with E-state index in [1.165, 1.54) is 22.4 Å². The highest BCUT2D eigenvalue weighted by molar-refractivity contribution is 5.52. The number of benzene rings is 2. The normalized spacial score (nSPS) is 12.2. The Labute approximate surface area is 122 Å². The lowest BCUT2D eigenvalue weighted by molar-refractivity contribution is 0.773. The molecule has 0 aromatic heterocycles. The molecule has 106 valence electrons. The molecule has 0 radical (unpaired) electrons. The van der Waals surface area contributed by atoms with Crippen molar-refractivity contribution in [3.8, 4) is 0 Å². The number of nitrogens with two attached hydrogens (primary N) is 1. The van der Waals surface area contributed by atoms with Crippen LogP contribution in [0.2, 0.25) is 0 Å². The number of para-hydroxylation sites is 1. The molecule has 2 N–H and O–H groups in total. The van der Waals surface area contributed by atoms with E-state index >= 15 is 0 Å². The summed E-state index contributed by atoms with van der Waals surface area (Å²) < 4.78 is 0. The van der Waals surface area contributed by atoms with Crippen molar-refractivity contribution in [2.75, 3.05) is 18.5 Å². The lowest BCUT2D eigenvalue weighted by Crippen LogP contribution is -2.17. The Bertz CT molecular complexity index is 546. The Morgan fingerprint density at radius 2 is 1.70 bits per heavy atom. The Morgan fingerprint density at radius 3 is 2.30 bits per heavy atom. The summed E-state index contributed by atoms with van der Waals surface area (Å²) in [6.07, 6.45) is 0. The standard InChI is InChI=1S/C18H24N2/c1-14-6-4-5-7-18(14)20(3)13-16-8-10-17(11-9-16)15(2)12-19/h4-11,15H,12-13,19H2,1-3H3. The molecule has 20 heavy (non-hydrogen) atoms. The summed E-state index contributed by atoms with van der Waals surface area (Å²) in [6.45, 7) is 5.93. The SMILES string of the molecule is Cc1ccccc1N(C)Cc1ccc(C(C)CN)cc1. The van der Waals surface area contributed by atoms with Crippen molar-refractivity contribution in [3.63, 3.8) is 0 Å². The van der Waals surface area contributed by atoms with Crippen molar-refractivity contribution < 1.29 is 0 Å². The molecule has 1 atom stereocenters. The van der Waals surface area contributed by atoms with Gasteiger partial charge in [-0.2, -0.15) is 0 Å². The molecular formula is C18H24N2. The highest BCUT2D eigenvalue weighted by Crippen LogP contribution is 2.21. The summed E-state index contributed by atoms with van der Waals surface area (Å²) in [5, 5.41) is 0. The molecule has 0 fully saturated rings. The first-order chi connectivity index (χ1) is 9.61. The van der Waals surface area contributed by atoms with E-state index < -0.39 is 0 Å². The van der Waals surface area contributed by atoms with Crippen LogP contribution in [0.1, 0.15) is 29.5 Å². The molecule has 2 rings (SSSR count). The Hall–Kier alpha value is -1.80. The van der Waals surface area contributed by atoms with Crippen LogP contribution in [0, 0.1) is 6.92 Å². The minimum absolute atomic E-state index is 0.429. The van der Waals surface area contributed by atoms with Gasteiger partial charge in [0.25, 0.3) is 0 Å². The second-order valence-electron chi connectivity index (χ2n) is 5.52. The zero-order chi connectivity index (χ0) is 14.5. The number of hydrogen-bond donors (Lipinski definition) is 1. The van der Waals surface area contributed by atoms with Gasteiger partial charge in [0.05, 0.1) is 0 Å². The largest absolute Gasteiger partial charge is 0.370 e. The van der Waals surface area contributed by atoms with Crippen LogP contribution < -0.4 is 10.6 Å². The van der Waals surface area contributed by atoms with Crippen LogP contribution in [0.4, 0.5) is 5.69 Å². The molecule has 0 aliphatic heterocycles. The smallest absolute Gasteiger partial charge is 0.0426 e. The van der Waals surface area contributed by atoms with Gasteiger partial charge in [0.2, 0.25) is 0 Å². The summed E-state index contributed by atoms with van der Waals surface area (Å²) in [7, 11) is 2.14. The number of aryl methyl sites for hydroxylation is 1. The van der Waals surface area contributed by atoms with E-state index in [-0.39, 0.29) is 0 Å². The topological polar surface area (TPSA) is 29.3 Å². The van der Waals surface area contributed by atoms with Crippen molar-refractivity contribution in [3.05, 3.63) is 65.2 Å². The maximum Gasteiger partial charge on any atom is 0.0426 e. The molecule has 2 aromatic rings. The van der Waals surface area contributed by atoms with Gasteiger partial charge in [-0.1, -0.05) is 49.4 Å². The molecule has 0 amide bonds. The van der Waals surface area contributed by atoms with Crippen molar-refractivity contribution >= 4 is 5.69 Å². The minimum Gasteiger partial charge on any atom is -0.370 e. The average molecular weight is 268 g/mol. The van der Waals surface area contributed by atoms with Crippen molar-refractivity contribution in [1.29, 1.82) is 0 Å². The molecule has 2 heteroatoms. The molecule has 2 nitrogen and oxygen atoms in total. The number of rotatable bonds is 5. The monoisotopic (exact) mass is 268 g/mol. The third-order valence-corrected chi connectivity index (χ3v) is 3.85. The fourth-order valence-corrected chi connectivity index (χ4v) is 2.44. The van der Waals surface area contributed by atoms with Crippen LogP contribution in [0.25, 0.3) is 0 Å². The summed E-state index contributed by atoms with van der Waals surface area (Å²) in [4.78, 5) is 2.29. The maximum atomic E-state index is 5.71. The van der Waals surface area contributed by atoms with Crippen LogP contribution in [0.3, 0.4) is 0 Å². The van der Waals surface area contributed by atoms with Gasteiger partial charge in [-0.25, -0.2) is 0 Å². The van der Waals surface area contributed by atoms with Gasteiger partial charge >= 0.3 is 0 Å². The molecule has 0 saturated carbocycles. The molecule has 0 aliphatic rings. The molecule has 0 saturated heterocycles. The summed E-state index contributed by atoms with van der Waals surface area (Å²) in [5.74, 6) is 0.429. The van der Waals surface area contributed by atoms with Gasteiger partial charge in [0.1, 0.15) is 0 Å². The van der Waals surface area contributed by atoms with Crippen LogP contribution >= 0.6 is 0 Å². The van der Waals surface area contributed by atoms with Gasteiger partial charge in [-0.05, 0) is 42.1 Å². The predicted octanol–water partition coefficient (Wildman–Crippen LogP) is 3.69. The second-order valence-corrected chi connectivity index (χ2v) is 5.52. The maximum absolute atomic E-state index is 5.71. The predicted molar refractivity (Wildman–Crippen MR) is 87.2 cm³/mol. The zero-order valence-electron chi connectivity index (χ0n) is 12.6. The van der Waals surface area contributed by atoms with Crippen molar-refractivity contribution in [2.45, 2.75) is 26.3 Å². The third kappa shape index (κ3) is 3.40. The first-order valence-corrected chi connectivity index (χ1v) is 7.17. The fraction of sp³-hybridized carbons (Fsp3) is 0.333. The van der Waals surface area contributed by atoms with E-state index in [1.54, 1.807) is 0 Å². The number of nitrogens with zero attached hydrogens (tertiary/aromatic N) is 1. The average Bonchev–Trinajstić information content (AvgIpc) is 2.47. The van der Waals surface area contributed by atoms with Gasteiger partial charge in [-0.3, -0.25) is 0 Å². The highest BCUT2D eigenvalue weighted by atomic mass is 15.1. The van der Waals surface area contributed by atoms with Crippen molar-refractivity contribution in [1.82, 2.24) is 0 Å². The number of hydrogen-bond acceptors (Lipinski definition) is 2. The van der Waals surface area contributed by atoms with Crippen LogP contribution in [-0.4, -0.2) is 13.6 Å². The van der Waals surface area contributed by atoms with Crippen LogP contribution in [0.15, 0.2) is 48.5 Å². The molecule has 0 spiro atoms. The minimum atomic E-state index is 0.429. The van der Waals surface area contributed by atoms with Crippen LogP contribution in [-0.2, 0) is 6.54 Å². The van der Waals surface area contributed by atoms with E-state index in [0.29, 0.717) is 12.5 Å². The molecule has 2 aromatic carbocycles. The van der Waals surface area contributed by atoms with Crippen molar-refractivity contribution in [2.24, 2.45) is 5.73 Å². The van der Waals surface area contributed by atoms with Gasteiger partial charge < -0.3 is 10.6 Å². The lowest BCUT2D eigenvalue weighted by Gasteiger charge is -2.21. The number of anilines is 1. The van der Waals surface area contributed by atoms with Gasteiger partial charge in [-0.15, -0.1) is 0 Å². The van der Waals surface area contributed by atoms with E-state index in [0.717, 1.165) is 6.54 Å². The fourth-order valence-electron chi connectivity index (χ4n) is 2.44. The Morgan fingerprint density at radius 1 is 1.05 bits per heavy atom. The van der Waals surface area contributed by atoms with E-state index in [1.807, 2.05) is 0 Å². The molecule has 0 aliphatic carbocycles. The second kappa shape index (κ2) is 6.58. The first-order valence-electron chi connectivity index (χ1n) is 7.17. The molecule has 0 heterocycles. The first kappa shape index (κ1) is 14.6. The van der Waals surface area contributed by atoms with Gasteiger partial charge in [0, 0.05) is 19.3 Å². The van der Waals surface area contributed by atoms with E-state index in [9.17, 15) is 0 Å². The lowest BCUT2D eigenvalue weighted by atomic mass is 10.00. The molecule has 1 unspecified atom stereocenters. The van der Waals surface area contributed by atoms with E-state index in [4.69, 9.17) is 5.73 Å². The zero-order valence-corrected chi connectivity index (χ0v) is 12.6. The molecule has 0 bridgehead atoms. The summed E-state index contributed by atoms with van der Waals surface area (Å²) in [5.41, 5.74) is 10.9.